The summed E-state index contributed by atoms with van der Waals surface area (Å²) in [5, 5.41) is 13.6. The molecule has 7 nitrogen and oxygen atoms in total. The number of carbonyl (C=O) groups excluding carboxylic acids is 1. The fraction of sp³-hybridized carbons (Fsp3) is 0.286. The smallest absolute Gasteiger partial charge is 0.272 e. The van der Waals surface area contributed by atoms with Crippen LogP contribution >= 0.6 is 0 Å². The number of nitrogens with one attached hydrogen (secondary N) is 2. The molecular weight excluding hydrogens is 270 g/mol. The molecule has 110 valence electrons. The molecule has 2 rings (SSSR count). The van der Waals surface area contributed by atoms with Crippen molar-refractivity contribution in [3.8, 4) is 5.88 Å². The van der Waals surface area contributed by atoms with Gasteiger partial charge in [-0.2, -0.15) is 0 Å². The standard InChI is InChI=1S/C14H17N5O2/c1-3-15-12-5-4-11(18-19-12)14(20)17-9-10-6-7-16-13(8-10)21-2/h4-8H,3,9H2,1-2H3,(H,15,19)(H,17,20). The third kappa shape index (κ3) is 4.13. The fourth-order valence-electron chi connectivity index (χ4n) is 1.67. The van der Waals surface area contributed by atoms with E-state index in [9.17, 15) is 4.79 Å². The molecular formula is C14H17N5O2. The van der Waals surface area contributed by atoms with Crippen LogP contribution in [0.3, 0.4) is 0 Å². The maximum Gasteiger partial charge on any atom is 0.272 e. The summed E-state index contributed by atoms with van der Waals surface area (Å²) in [6.45, 7) is 3.09. The predicted octanol–water partition coefficient (Wildman–Crippen LogP) is 1.24. The summed E-state index contributed by atoms with van der Waals surface area (Å²) in [5.74, 6) is 0.880. The highest BCUT2D eigenvalue weighted by molar-refractivity contribution is 5.92. The first-order chi connectivity index (χ1) is 10.2. The van der Waals surface area contributed by atoms with Crippen LogP contribution in [0.15, 0.2) is 30.5 Å². The fourth-order valence-corrected chi connectivity index (χ4v) is 1.67. The molecule has 0 spiro atoms. The Morgan fingerprint density at radius 1 is 1.29 bits per heavy atom. The van der Waals surface area contributed by atoms with E-state index in [1.54, 1.807) is 31.5 Å². The van der Waals surface area contributed by atoms with Gasteiger partial charge in [0.2, 0.25) is 5.88 Å². The zero-order valence-electron chi connectivity index (χ0n) is 12.0. The van der Waals surface area contributed by atoms with E-state index in [1.807, 2.05) is 13.0 Å². The molecule has 0 atom stereocenters. The van der Waals surface area contributed by atoms with Gasteiger partial charge in [0.25, 0.3) is 5.91 Å². The van der Waals surface area contributed by atoms with Crippen molar-refractivity contribution in [2.45, 2.75) is 13.5 Å². The Hall–Kier alpha value is -2.70. The number of ether oxygens (including phenoxy) is 1. The Balaban J connectivity index is 1.94. The van der Waals surface area contributed by atoms with Gasteiger partial charge in [-0.05, 0) is 30.7 Å². The van der Waals surface area contributed by atoms with Crippen molar-refractivity contribution < 1.29 is 9.53 Å². The van der Waals surface area contributed by atoms with Crippen molar-refractivity contribution in [2.24, 2.45) is 0 Å². The molecule has 0 aliphatic rings. The Bertz CT molecular complexity index is 601. The summed E-state index contributed by atoms with van der Waals surface area (Å²) in [6, 6.07) is 6.93. The number of carbonyl (C=O) groups is 1. The predicted molar refractivity (Wildman–Crippen MR) is 78.2 cm³/mol. The minimum atomic E-state index is -0.277. The topological polar surface area (TPSA) is 89.0 Å². The number of nitrogens with zero attached hydrogens (tertiary/aromatic N) is 3. The number of amides is 1. The van der Waals surface area contributed by atoms with E-state index in [0.29, 0.717) is 18.2 Å². The number of hydrogen-bond donors (Lipinski definition) is 2. The number of aromatic nitrogens is 3. The highest BCUT2D eigenvalue weighted by atomic mass is 16.5. The van der Waals surface area contributed by atoms with E-state index in [-0.39, 0.29) is 11.6 Å². The minimum Gasteiger partial charge on any atom is -0.481 e. The molecule has 7 heteroatoms. The van der Waals surface area contributed by atoms with Crippen molar-refractivity contribution >= 4 is 11.7 Å². The number of rotatable bonds is 6. The summed E-state index contributed by atoms with van der Waals surface area (Å²) in [6.07, 6.45) is 1.63. The lowest BCUT2D eigenvalue weighted by Crippen LogP contribution is -2.24. The zero-order valence-corrected chi connectivity index (χ0v) is 12.0. The second-order valence-electron chi connectivity index (χ2n) is 4.22. The van der Waals surface area contributed by atoms with Crippen LogP contribution in [0.2, 0.25) is 0 Å². The van der Waals surface area contributed by atoms with Gasteiger partial charge in [-0.25, -0.2) is 4.98 Å². The largest absolute Gasteiger partial charge is 0.481 e. The molecule has 2 N–H and O–H groups in total. The molecule has 2 aromatic heterocycles. The van der Waals surface area contributed by atoms with Gasteiger partial charge < -0.3 is 15.4 Å². The van der Waals surface area contributed by atoms with Crippen molar-refractivity contribution in [1.82, 2.24) is 20.5 Å². The van der Waals surface area contributed by atoms with Gasteiger partial charge in [0.15, 0.2) is 5.69 Å². The molecule has 0 unspecified atom stereocenters. The van der Waals surface area contributed by atoms with Crippen LogP contribution in [0.1, 0.15) is 23.0 Å². The van der Waals surface area contributed by atoms with Crippen LogP contribution < -0.4 is 15.4 Å². The second kappa shape index (κ2) is 7.18. The lowest BCUT2D eigenvalue weighted by atomic mass is 10.2. The Labute approximate surface area is 122 Å². The molecule has 0 aliphatic carbocycles. The molecule has 0 saturated heterocycles. The molecule has 0 aromatic carbocycles. The maximum atomic E-state index is 12.0. The van der Waals surface area contributed by atoms with Gasteiger partial charge in [-0.1, -0.05) is 0 Å². The normalized spacial score (nSPS) is 10.0. The second-order valence-corrected chi connectivity index (χ2v) is 4.22. The van der Waals surface area contributed by atoms with Crippen molar-refractivity contribution in [1.29, 1.82) is 0 Å². The van der Waals surface area contributed by atoms with Crippen molar-refractivity contribution in [3.05, 3.63) is 41.7 Å². The summed E-state index contributed by atoms with van der Waals surface area (Å²) < 4.78 is 5.03. The van der Waals surface area contributed by atoms with Crippen LogP contribution in [0.4, 0.5) is 5.82 Å². The SMILES string of the molecule is CCNc1ccc(C(=O)NCc2ccnc(OC)c2)nn1. The van der Waals surface area contributed by atoms with Gasteiger partial charge in [-0.15, -0.1) is 10.2 Å². The van der Waals surface area contributed by atoms with E-state index < -0.39 is 0 Å². The van der Waals surface area contributed by atoms with Crippen molar-refractivity contribution in [2.75, 3.05) is 19.0 Å². The van der Waals surface area contributed by atoms with E-state index in [0.717, 1.165) is 12.1 Å². The highest BCUT2D eigenvalue weighted by Crippen LogP contribution is 2.08. The van der Waals surface area contributed by atoms with Crippen LogP contribution in [0.25, 0.3) is 0 Å². The summed E-state index contributed by atoms with van der Waals surface area (Å²) in [5.41, 5.74) is 1.17. The Kier molecular flexibility index (Phi) is 5.03. The number of methoxy groups -OCH3 is 1. The molecule has 21 heavy (non-hydrogen) atoms. The summed E-state index contributed by atoms with van der Waals surface area (Å²) >= 11 is 0. The highest BCUT2D eigenvalue weighted by Gasteiger charge is 2.08. The van der Waals surface area contributed by atoms with Crippen LogP contribution in [0, 0.1) is 0 Å². The number of pyridine rings is 1. The summed E-state index contributed by atoms with van der Waals surface area (Å²) in [7, 11) is 1.55. The zero-order chi connectivity index (χ0) is 15.1. The molecule has 0 aliphatic heterocycles. The van der Waals surface area contributed by atoms with Crippen LogP contribution in [0.5, 0.6) is 5.88 Å². The molecule has 2 aromatic rings. The van der Waals surface area contributed by atoms with Gasteiger partial charge in [0, 0.05) is 25.4 Å². The minimum absolute atomic E-state index is 0.276. The lowest BCUT2D eigenvalue weighted by molar-refractivity contribution is 0.0945. The third-order valence-electron chi connectivity index (χ3n) is 2.72. The number of hydrogen-bond acceptors (Lipinski definition) is 6. The number of anilines is 1. The Morgan fingerprint density at radius 2 is 2.14 bits per heavy atom. The van der Waals surface area contributed by atoms with Gasteiger partial charge >= 0.3 is 0 Å². The molecule has 0 radical (unpaired) electrons. The quantitative estimate of drug-likeness (QED) is 0.831. The first-order valence-electron chi connectivity index (χ1n) is 6.57. The van der Waals surface area contributed by atoms with Crippen molar-refractivity contribution in [3.63, 3.8) is 0 Å². The molecule has 1 amide bonds. The monoisotopic (exact) mass is 287 g/mol. The average molecular weight is 287 g/mol. The third-order valence-corrected chi connectivity index (χ3v) is 2.72. The molecule has 0 bridgehead atoms. The van der Waals surface area contributed by atoms with Gasteiger partial charge in [-0.3, -0.25) is 4.79 Å². The van der Waals surface area contributed by atoms with Gasteiger partial charge in [0.05, 0.1) is 7.11 Å². The van der Waals surface area contributed by atoms with Gasteiger partial charge in [0.1, 0.15) is 5.82 Å². The first-order valence-corrected chi connectivity index (χ1v) is 6.57. The average Bonchev–Trinajstić information content (AvgIpc) is 2.54. The maximum absolute atomic E-state index is 12.0. The molecule has 2 heterocycles. The summed E-state index contributed by atoms with van der Waals surface area (Å²) in [4.78, 5) is 16.0. The lowest BCUT2D eigenvalue weighted by Gasteiger charge is -2.06. The van der Waals surface area contributed by atoms with E-state index >= 15 is 0 Å². The molecule has 0 fully saturated rings. The van der Waals surface area contributed by atoms with E-state index in [4.69, 9.17) is 4.74 Å². The van der Waals surface area contributed by atoms with Crippen LogP contribution in [-0.2, 0) is 6.54 Å². The van der Waals surface area contributed by atoms with E-state index in [1.165, 1.54) is 0 Å². The molecule has 0 saturated carbocycles. The Morgan fingerprint density at radius 3 is 2.81 bits per heavy atom. The first kappa shape index (κ1) is 14.7. The van der Waals surface area contributed by atoms with Crippen LogP contribution in [-0.4, -0.2) is 34.7 Å². The van der Waals surface area contributed by atoms with E-state index in [2.05, 4.69) is 25.8 Å².